The zero-order chi connectivity index (χ0) is 21.8. The molecule has 2 nitrogen and oxygen atoms in total. The number of benzene rings is 2. The van der Waals surface area contributed by atoms with Crippen LogP contribution in [0, 0.1) is 5.92 Å². The molecular formula is C28H36N2. The highest BCUT2D eigenvalue weighted by atomic mass is 15.0. The van der Waals surface area contributed by atoms with Gasteiger partial charge in [0.1, 0.15) is 0 Å². The number of fused-ring (bicyclic) bond motifs is 2. The maximum atomic E-state index is 3.66. The van der Waals surface area contributed by atoms with E-state index in [2.05, 4.69) is 115 Å². The average molecular weight is 401 g/mol. The maximum absolute atomic E-state index is 3.66. The van der Waals surface area contributed by atoms with Crippen LogP contribution in [-0.2, 0) is 0 Å². The lowest BCUT2D eigenvalue weighted by atomic mass is 9.79. The van der Waals surface area contributed by atoms with Crippen LogP contribution in [0.3, 0.4) is 0 Å². The van der Waals surface area contributed by atoms with Gasteiger partial charge in [-0.1, -0.05) is 38.1 Å². The standard InChI is InChI=1S/C28H36N2/c1-17(2)26(20-9-11-24-22(13-20)18(3)15-27(5,6)29-24)21-10-12-25-23(14-21)19(4)16-28(7,8)30-25/h9-17,26,29-30H,1-8H3. The van der Waals surface area contributed by atoms with E-state index in [4.69, 9.17) is 0 Å². The van der Waals surface area contributed by atoms with Gasteiger partial charge in [-0.25, -0.2) is 0 Å². The zero-order valence-electron chi connectivity index (χ0n) is 19.8. The third kappa shape index (κ3) is 3.80. The van der Waals surface area contributed by atoms with Gasteiger partial charge in [-0.05, 0) is 94.0 Å². The number of hydrogen-bond donors (Lipinski definition) is 2. The Labute approximate surface area is 182 Å². The Balaban J connectivity index is 1.77. The molecule has 0 fully saturated rings. The smallest absolute Gasteiger partial charge is 0.0505 e. The highest BCUT2D eigenvalue weighted by Gasteiger charge is 2.27. The summed E-state index contributed by atoms with van der Waals surface area (Å²) in [7, 11) is 0. The fraction of sp³-hybridized carbons (Fsp3) is 0.429. The van der Waals surface area contributed by atoms with E-state index in [1.165, 1.54) is 44.8 Å². The van der Waals surface area contributed by atoms with Gasteiger partial charge >= 0.3 is 0 Å². The van der Waals surface area contributed by atoms with Crippen LogP contribution in [0.25, 0.3) is 11.1 Å². The Morgan fingerprint density at radius 1 is 0.667 bits per heavy atom. The number of nitrogens with one attached hydrogen (secondary N) is 2. The van der Waals surface area contributed by atoms with E-state index in [1.807, 2.05) is 0 Å². The predicted molar refractivity (Wildman–Crippen MR) is 132 cm³/mol. The second-order valence-electron chi connectivity index (χ2n) is 10.7. The molecule has 2 aromatic rings. The summed E-state index contributed by atoms with van der Waals surface area (Å²) >= 11 is 0. The van der Waals surface area contributed by atoms with E-state index in [9.17, 15) is 0 Å². The molecule has 0 saturated carbocycles. The van der Waals surface area contributed by atoms with Crippen molar-refractivity contribution in [1.82, 2.24) is 0 Å². The minimum absolute atomic E-state index is 0.000813. The lowest BCUT2D eigenvalue weighted by molar-refractivity contribution is 0.563. The molecule has 2 aromatic carbocycles. The Morgan fingerprint density at radius 2 is 1.07 bits per heavy atom. The molecule has 2 N–H and O–H groups in total. The summed E-state index contributed by atoms with van der Waals surface area (Å²) in [5.74, 6) is 0.877. The summed E-state index contributed by atoms with van der Waals surface area (Å²) in [6.45, 7) is 18.0. The van der Waals surface area contributed by atoms with Crippen LogP contribution in [0.4, 0.5) is 11.4 Å². The number of allylic oxidation sites excluding steroid dienone is 2. The van der Waals surface area contributed by atoms with Crippen LogP contribution in [0.2, 0.25) is 0 Å². The van der Waals surface area contributed by atoms with Gasteiger partial charge < -0.3 is 10.6 Å². The molecule has 0 unspecified atom stereocenters. The molecule has 2 aliphatic heterocycles. The summed E-state index contributed by atoms with van der Waals surface area (Å²) in [5, 5.41) is 7.33. The van der Waals surface area contributed by atoms with Crippen molar-refractivity contribution in [3.8, 4) is 0 Å². The Hall–Kier alpha value is -2.48. The molecule has 0 radical (unpaired) electrons. The van der Waals surface area contributed by atoms with Crippen molar-refractivity contribution in [2.45, 2.75) is 72.4 Å². The Morgan fingerprint density at radius 3 is 1.43 bits per heavy atom. The first-order chi connectivity index (χ1) is 14.0. The van der Waals surface area contributed by atoms with Crippen molar-refractivity contribution in [3.63, 3.8) is 0 Å². The molecule has 2 heterocycles. The molecule has 2 aliphatic rings. The van der Waals surface area contributed by atoms with E-state index in [0.717, 1.165) is 0 Å². The van der Waals surface area contributed by atoms with Crippen molar-refractivity contribution in [2.24, 2.45) is 5.92 Å². The molecule has 0 atom stereocenters. The molecule has 2 heteroatoms. The Bertz CT molecular complexity index is 969. The van der Waals surface area contributed by atoms with Gasteiger partial charge in [-0.3, -0.25) is 0 Å². The number of hydrogen-bond acceptors (Lipinski definition) is 2. The van der Waals surface area contributed by atoms with Crippen molar-refractivity contribution in [2.75, 3.05) is 10.6 Å². The van der Waals surface area contributed by atoms with Crippen molar-refractivity contribution < 1.29 is 0 Å². The zero-order valence-corrected chi connectivity index (χ0v) is 19.8. The first-order valence-electron chi connectivity index (χ1n) is 11.2. The minimum atomic E-state index is -0.000813. The molecule has 0 bridgehead atoms. The van der Waals surface area contributed by atoms with E-state index < -0.39 is 0 Å². The summed E-state index contributed by atoms with van der Waals surface area (Å²) in [6, 6.07) is 14.0. The molecule has 158 valence electrons. The van der Waals surface area contributed by atoms with Gasteiger partial charge in [0.25, 0.3) is 0 Å². The van der Waals surface area contributed by atoms with Crippen LogP contribution in [0.1, 0.15) is 83.6 Å². The summed E-state index contributed by atoms with van der Waals surface area (Å²) in [5.41, 5.74) is 10.6. The highest BCUT2D eigenvalue weighted by Crippen LogP contribution is 2.41. The van der Waals surface area contributed by atoms with Crippen LogP contribution in [-0.4, -0.2) is 11.1 Å². The second-order valence-corrected chi connectivity index (χ2v) is 10.7. The van der Waals surface area contributed by atoms with Crippen LogP contribution >= 0.6 is 0 Å². The third-order valence-electron chi connectivity index (χ3n) is 6.39. The van der Waals surface area contributed by atoms with Crippen molar-refractivity contribution in [3.05, 3.63) is 70.8 Å². The summed E-state index contributed by atoms with van der Waals surface area (Å²) in [4.78, 5) is 0. The van der Waals surface area contributed by atoms with Gasteiger partial charge in [0.05, 0.1) is 11.1 Å². The fourth-order valence-electron chi connectivity index (χ4n) is 5.35. The third-order valence-corrected chi connectivity index (χ3v) is 6.39. The lowest BCUT2D eigenvalue weighted by Crippen LogP contribution is -2.31. The first kappa shape index (κ1) is 20.8. The van der Waals surface area contributed by atoms with Gasteiger partial charge in [0.15, 0.2) is 0 Å². The van der Waals surface area contributed by atoms with E-state index in [0.29, 0.717) is 11.8 Å². The maximum Gasteiger partial charge on any atom is 0.0505 e. The SMILES string of the molecule is CC1=CC(C)(C)Nc2ccc(C(c3ccc4c(c3)C(C)=CC(C)(C)N4)C(C)C)cc21. The van der Waals surface area contributed by atoms with Gasteiger partial charge in [0.2, 0.25) is 0 Å². The monoisotopic (exact) mass is 400 g/mol. The number of rotatable bonds is 3. The second kappa shape index (κ2) is 7.04. The molecule has 0 aliphatic carbocycles. The fourth-order valence-corrected chi connectivity index (χ4v) is 5.35. The molecule has 0 spiro atoms. The van der Waals surface area contributed by atoms with Gasteiger partial charge in [-0.15, -0.1) is 0 Å². The number of anilines is 2. The predicted octanol–water partition coefficient (Wildman–Crippen LogP) is 7.69. The first-order valence-corrected chi connectivity index (χ1v) is 11.2. The average Bonchev–Trinajstić information content (AvgIpc) is 2.61. The molecule has 0 amide bonds. The molecular weight excluding hydrogens is 364 g/mol. The Kier molecular flexibility index (Phi) is 4.88. The van der Waals surface area contributed by atoms with Crippen LogP contribution in [0.5, 0.6) is 0 Å². The van der Waals surface area contributed by atoms with Gasteiger partial charge in [0, 0.05) is 28.4 Å². The van der Waals surface area contributed by atoms with E-state index in [-0.39, 0.29) is 11.1 Å². The highest BCUT2D eigenvalue weighted by molar-refractivity contribution is 5.82. The topological polar surface area (TPSA) is 24.1 Å². The molecule has 30 heavy (non-hydrogen) atoms. The summed E-state index contributed by atoms with van der Waals surface area (Å²) < 4.78 is 0. The normalized spacial score (nSPS) is 18.7. The van der Waals surface area contributed by atoms with Gasteiger partial charge in [-0.2, -0.15) is 0 Å². The molecule has 0 aromatic heterocycles. The largest absolute Gasteiger partial charge is 0.376 e. The summed E-state index contributed by atoms with van der Waals surface area (Å²) in [6.07, 6.45) is 4.67. The van der Waals surface area contributed by atoms with E-state index >= 15 is 0 Å². The molecule has 4 rings (SSSR count). The van der Waals surface area contributed by atoms with Crippen molar-refractivity contribution >= 4 is 22.5 Å². The lowest BCUT2D eigenvalue weighted by Gasteiger charge is -2.33. The van der Waals surface area contributed by atoms with Crippen LogP contribution in [0.15, 0.2) is 48.6 Å². The molecule has 0 saturated heterocycles. The van der Waals surface area contributed by atoms with E-state index in [1.54, 1.807) is 0 Å². The minimum Gasteiger partial charge on any atom is -0.376 e. The van der Waals surface area contributed by atoms with Crippen molar-refractivity contribution in [1.29, 1.82) is 0 Å². The van der Waals surface area contributed by atoms with Crippen LogP contribution < -0.4 is 10.6 Å². The quantitative estimate of drug-likeness (QED) is 0.552.